The van der Waals surface area contributed by atoms with Gasteiger partial charge in [0, 0.05) is 31.9 Å². The third kappa shape index (κ3) is 2.47. The number of rotatable bonds is 5. The van der Waals surface area contributed by atoms with E-state index in [9.17, 15) is 0 Å². The molecule has 1 aliphatic carbocycles. The standard InChI is InChI=1S/C11H21N5/c1-8(16(3)9-4-5-9)6-13-11-10(12)7-15(2)14-11/h7-9H,4-6,12H2,1-3H3,(H,13,14). The van der Waals surface area contributed by atoms with Crippen molar-refractivity contribution in [2.24, 2.45) is 7.05 Å². The first-order chi connectivity index (χ1) is 7.58. The Morgan fingerprint density at radius 3 is 2.88 bits per heavy atom. The highest BCUT2D eigenvalue weighted by atomic mass is 15.3. The number of anilines is 2. The van der Waals surface area contributed by atoms with Crippen molar-refractivity contribution in [3.05, 3.63) is 6.20 Å². The van der Waals surface area contributed by atoms with Crippen molar-refractivity contribution < 1.29 is 0 Å². The summed E-state index contributed by atoms with van der Waals surface area (Å²) in [5.41, 5.74) is 6.53. The molecule has 1 unspecified atom stereocenters. The smallest absolute Gasteiger partial charge is 0.171 e. The van der Waals surface area contributed by atoms with Crippen LogP contribution in [0.2, 0.25) is 0 Å². The SMILES string of the molecule is CC(CNc1nn(C)cc1N)N(C)C1CC1. The van der Waals surface area contributed by atoms with E-state index >= 15 is 0 Å². The molecule has 1 heterocycles. The Balaban J connectivity index is 1.84. The van der Waals surface area contributed by atoms with Gasteiger partial charge < -0.3 is 11.1 Å². The Morgan fingerprint density at radius 2 is 2.38 bits per heavy atom. The largest absolute Gasteiger partial charge is 0.394 e. The molecule has 90 valence electrons. The molecule has 1 aromatic heterocycles. The van der Waals surface area contributed by atoms with Gasteiger partial charge in [0.05, 0.1) is 5.69 Å². The minimum Gasteiger partial charge on any atom is -0.394 e. The van der Waals surface area contributed by atoms with Gasteiger partial charge in [-0.15, -0.1) is 0 Å². The van der Waals surface area contributed by atoms with Crippen LogP contribution >= 0.6 is 0 Å². The molecule has 1 fully saturated rings. The Kier molecular flexibility index (Phi) is 3.05. The van der Waals surface area contributed by atoms with Crippen LogP contribution in [0.25, 0.3) is 0 Å². The molecule has 0 radical (unpaired) electrons. The molecule has 3 N–H and O–H groups in total. The van der Waals surface area contributed by atoms with E-state index in [4.69, 9.17) is 5.73 Å². The summed E-state index contributed by atoms with van der Waals surface area (Å²) in [6.07, 6.45) is 4.50. The lowest BCUT2D eigenvalue weighted by molar-refractivity contribution is 0.257. The molecule has 16 heavy (non-hydrogen) atoms. The predicted molar refractivity (Wildman–Crippen MR) is 66.4 cm³/mol. The molecule has 1 aromatic rings. The van der Waals surface area contributed by atoms with Crippen LogP contribution in [0.15, 0.2) is 6.20 Å². The first kappa shape index (κ1) is 11.3. The summed E-state index contributed by atoms with van der Waals surface area (Å²) in [4.78, 5) is 2.42. The summed E-state index contributed by atoms with van der Waals surface area (Å²) < 4.78 is 1.73. The molecule has 0 spiro atoms. The van der Waals surface area contributed by atoms with Crippen molar-refractivity contribution >= 4 is 11.5 Å². The first-order valence-electron chi connectivity index (χ1n) is 5.83. The van der Waals surface area contributed by atoms with E-state index in [0.29, 0.717) is 11.7 Å². The normalized spacial score (nSPS) is 17.8. The number of nitrogen functional groups attached to an aromatic ring is 1. The second kappa shape index (κ2) is 4.33. The van der Waals surface area contributed by atoms with Gasteiger partial charge in [-0.1, -0.05) is 0 Å². The topological polar surface area (TPSA) is 59.1 Å². The van der Waals surface area contributed by atoms with E-state index in [-0.39, 0.29) is 0 Å². The molecule has 0 saturated heterocycles. The third-order valence-corrected chi connectivity index (χ3v) is 3.24. The fourth-order valence-electron chi connectivity index (χ4n) is 1.87. The maximum atomic E-state index is 5.82. The Hall–Kier alpha value is -1.23. The van der Waals surface area contributed by atoms with E-state index in [2.05, 4.69) is 29.3 Å². The van der Waals surface area contributed by atoms with Gasteiger partial charge in [0.2, 0.25) is 0 Å². The van der Waals surface area contributed by atoms with Crippen LogP contribution in [0.5, 0.6) is 0 Å². The molecule has 1 saturated carbocycles. The molecule has 1 aliphatic rings. The van der Waals surface area contributed by atoms with Gasteiger partial charge in [0.15, 0.2) is 5.82 Å². The fourth-order valence-corrected chi connectivity index (χ4v) is 1.87. The van der Waals surface area contributed by atoms with Crippen LogP contribution in [-0.2, 0) is 7.05 Å². The summed E-state index contributed by atoms with van der Waals surface area (Å²) in [6.45, 7) is 3.11. The van der Waals surface area contributed by atoms with Crippen LogP contribution < -0.4 is 11.1 Å². The Morgan fingerprint density at radius 1 is 1.69 bits per heavy atom. The zero-order valence-electron chi connectivity index (χ0n) is 10.3. The highest BCUT2D eigenvalue weighted by Crippen LogP contribution is 2.27. The van der Waals surface area contributed by atoms with E-state index in [1.54, 1.807) is 4.68 Å². The molecule has 0 aliphatic heterocycles. The zero-order valence-corrected chi connectivity index (χ0v) is 10.3. The minimum atomic E-state index is 0.508. The highest BCUT2D eigenvalue weighted by molar-refractivity contribution is 5.59. The quantitative estimate of drug-likeness (QED) is 0.778. The van der Waals surface area contributed by atoms with Crippen LogP contribution in [-0.4, -0.2) is 40.4 Å². The van der Waals surface area contributed by atoms with Gasteiger partial charge >= 0.3 is 0 Å². The zero-order chi connectivity index (χ0) is 11.7. The summed E-state index contributed by atoms with van der Waals surface area (Å²) in [5.74, 6) is 0.790. The summed E-state index contributed by atoms with van der Waals surface area (Å²) in [5, 5.41) is 7.56. The maximum Gasteiger partial charge on any atom is 0.171 e. The lowest BCUT2D eigenvalue weighted by Crippen LogP contribution is -2.36. The van der Waals surface area contributed by atoms with Crippen LogP contribution in [0.1, 0.15) is 19.8 Å². The van der Waals surface area contributed by atoms with Crippen LogP contribution in [0.3, 0.4) is 0 Å². The third-order valence-electron chi connectivity index (χ3n) is 3.24. The van der Waals surface area contributed by atoms with Crippen molar-refractivity contribution in [1.29, 1.82) is 0 Å². The summed E-state index contributed by atoms with van der Waals surface area (Å²) >= 11 is 0. The van der Waals surface area contributed by atoms with Crippen molar-refractivity contribution in [3.63, 3.8) is 0 Å². The van der Waals surface area contributed by atoms with E-state index < -0.39 is 0 Å². The minimum absolute atomic E-state index is 0.508. The van der Waals surface area contributed by atoms with Crippen molar-refractivity contribution in [1.82, 2.24) is 14.7 Å². The maximum absolute atomic E-state index is 5.82. The number of hydrogen-bond acceptors (Lipinski definition) is 4. The Labute approximate surface area is 96.6 Å². The monoisotopic (exact) mass is 223 g/mol. The van der Waals surface area contributed by atoms with Gasteiger partial charge in [0.25, 0.3) is 0 Å². The number of likely N-dealkylation sites (N-methyl/N-ethyl adjacent to an activating group) is 1. The van der Waals surface area contributed by atoms with Gasteiger partial charge in [0.1, 0.15) is 0 Å². The molecule has 0 bridgehead atoms. The van der Waals surface area contributed by atoms with Crippen molar-refractivity contribution in [2.45, 2.75) is 31.8 Å². The number of aryl methyl sites for hydroxylation is 1. The molecule has 0 amide bonds. The number of nitrogens with zero attached hydrogens (tertiary/aromatic N) is 3. The predicted octanol–water partition coefficient (Wildman–Crippen LogP) is 0.897. The number of aromatic nitrogens is 2. The molecule has 0 aromatic carbocycles. The fraction of sp³-hybridized carbons (Fsp3) is 0.727. The molecular formula is C11H21N5. The molecule has 2 rings (SSSR count). The van der Waals surface area contributed by atoms with Gasteiger partial charge in [-0.3, -0.25) is 9.58 Å². The van der Waals surface area contributed by atoms with Gasteiger partial charge in [-0.05, 0) is 26.8 Å². The highest BCUT2D eigenvalue weighted by Gasteiger charge is 2.28. The number of hydrogen-bond donors (Lipinski definition) is 2. The van der Waals surface area contributed by atoms with Gasteiger partial charge in [-0.2, -0.15) is 5.10 Å². The first-order valence-corrected chi connectivity index (χ1v) is 5.83. The number of nitrogens with one attached hydrogen (secondary N) is 1. The molecule has 1 atom stereocenters. The summed E-state index contributed by atoms with van der Waals surface area (Å²) in [6, 6.07) is 1.30. The van der Waals surface area contributed by atoms with E-state index in [0.717, 1.165) is 18.4 Å². The van der Waals surface area contributed by atoms with Crippen LogP contribution in [0.4, 0.5) is 11.5 Å². The average Bonchev–Trinajstić information content (AvgIpc) is 3.01. The second-order valence-electron chi connectivity index (χ2n) is 4.73. The second-order valence-corrected chi connectivity index (χ2v) is 4.73. The van der Waals surface area contributed by atoms with E-state index in [1.807, 2.05) is 13.2 Å². The van der Waals surface area contributed by atoms with Gasteiger partial charge in [-0.25, -0.2) is 0 Å². The van der Waals surface area contributed by atoms with Crippen molar-refractivity contribution in [2.75, 3.05) is 24.6 Å². The lowest BCUT2D eigenvalue weighted by Gasteiger charge is -2.24. The molecule has 5 heteroatoms. The lowest BCUT2D eigenvalue weighted by atomic mass is 10.3. The van der Waals surface area contributed by atoms with Crippen LogP contribution in [0, 0.1) is 0 Å². The Bertz CT molecular complexity index is 355. The summed E-state index contributed by atoms with van der Waals surface area (Å²) in [7, 11) is 4.06. The molecule has 5 nitrogen and oxygen atoms in total. The van der Waals surface area contributed by atoms with E-state index in [1.165, 1.54) is 12.8 Å². The molecular weight excluding hydrogens is 202 g/mol. The average molecular weight is 223 g/mol. The number of nitrogens with two attached hydrogens (primary N) is 1. The van der Waals surface area contributed by atoms with Crippen molar-refractivity contribution in [3.8, 4) is 0 Å².